The molecule has 0 radical (unpaired) electrons. The Morgan fingerprint density at radius 2 is 1.86 bits per heavy atom. The molecule has 4 nitrogen and oxygen atoms in total. The summed E-state index contributed by atoms with van der Waals surface area (Å²) in [5.74, 6) is 0.841. The maximum Gasteiger partial charge on any atom is 0.319 e. The van der Waals surface area contributed by atoms with Crippen LogP contribution in [0.25, 0.3) is 0 Å². The van der Waals surface area contributed by atoms with E-state index in [1.807, 2.05) is 63.2 Å². The third-order valence-electron chi connectivity index (χ3n) is 3.43. The summed E-state index contributed by atoms with van der Waals surface area (Å²) in [5, 5.41) is 5.70. The minimum atomic E-state index is -0.216. The first-order valence-electron chi connectivity index (χ1n) is 7.43. The highest BCUT2D eigenvalue weighted by Crippen LogP contribution is 2.21. The fourth-order valence-electron chi connectivity index (χ4n) is 2.20. The second kappa shape index (κ2) is 7.50. The number of aryl methyl sites for hydroxylation is 2. The number of rotatable bonds is 5. The molecule has 2 rings (SSSR count). The van der Waals surface area contributed by atoms with E-state index in [0.717, 1.165) is 22.6 Å². The number of benzene rings is 2. The maximum atomic E-state index is 12.0. The Hall–Kier alpha value is -2.49. The van der Waals surface area contributed by atoms with E-state index >= 15 is 0 Å². The fraction of sp³-hybridized carbons (Fsp3) is 0.278. The zero-order chi connectivity index (χ0) is 15.9. The number of nitrogens with one attached hydrogen (secondary N) is 2. The largest absolute Gasteiger partial charge is 0.494 e. The summed E-state index contributed by atoms with van der Waals surface area (Å²) in [6.45, 7) is 7.08. The Kier molecular flexibility index (Phi) is 5.42. The van der Waals surface area contributed by atoms with Crippen LogP contribution in [0.4, 0.5) is 10.5 Å². The lowest BCUT2D eigenvalue weighted by molar-refractivity contribution is 0.251. The average molecular weight is 298 g/mol. The van der Waals surface area contributed by atoms with E-state index in [1.165, 1.54) is 5.56 Å². The molecule has 4 heteroatoms. The third kappa shape index (κ3) is 4.25. The molecule has 0 aromatic heterocycles. The van der Waals surface area contributed by atoms with Crippen molar-refractivity contribution < 1.29 is 9.53 Å². The Balaban J connectivity index is 1.92. The quantitative estimate of drug-likeness (QED) is 0.875. The molecule has 0 saturated heterocycles. The predicted octanol–water partition coefficient (Wildman–Crippen LogP) is 4.02. The lowest BCUT2D eigenvalue weighted by Gasteiger charge is -2.11. The Morgan fingerprint density at radius 1 is 1.09 bits per heavy atom. The molecule has 0 aliphatic carbocycles. The SMILES string of the molecule is CCOc1ccc(NC(=O)NCc2ccccc2C)cc1C. The van der Waals surface area contributed by atoms with E-state index in [1.54, 1.807) is 0 Å². The second-order valence-electron chi connectivity index (χ2n) is 5.15. The fourth-order valence-corrected chi connectivity index (χ4v) is 2.20. The van der Waals surface area contributed by atoms with Crippen LogP contribution in [-0.2, 0) is 6.54 Å². The van der Waals surface area contributed by atoms with Gasteiger partial charge < -0.3 is 15.4 Å². The summed E-state index contributed by atoms with van der Waals surface area (Å²) in [7, 11) is 0. The third-order valence-corrected chi connectivity index (χ3v) is 3.43. The van der Waals surface area contributed by atoms with Crippen LogP contribution in [0.2, 0.25) is 0 Å². The molecule has 22 heavy (non-hydrogen) atoms. The number of carbonyl (C=O) groups excluding carboxylic acids is 1. The summed E-state index contributed by atoms with van der Waals surface area (Å²) in [6.07, 6.45) is 0. The molecule has 116 valence electrons. The van der Waals surface area contributed by atoms with Crippen LogP contribution >= 0.6 is 0 Å². The Morgan fingerprint density at radius 3 is 2.55 bits per heavy atom. The van der Waals surface area contributed by atoms with Crippen LogP contribution in [0, 0.1) is 13.8 Å². The maximum absolute atomic E-state index is 12.0. The van der Waals surface area contributed by atoms with E-state index in [4.69, 9.17) is 4.74 Å². The highest BCUT2D eigenvalue weighted by Gasteiger charge is 2.05. The van der Waals surface area contributed by atoms with E-state index in [-0.39, 0.29) is 6.03 Å². The molecule has 0 spiro atoms. The van der Waals surface area contributed by atoms with Crippen LogP contribution in [-0.4, -0.2) is 12.6 Å². The Labute approximate surface area is 131 Å². The first kappa shape index (κ1) is 15.9. The number of hydrogen-bond acceptors (Lipinski definition) is 2. The number of carbonyl (C=O) groups is 1. The summed E-state index contributed by atoms with van der Waals surface area (Å²) in [6, 6.07) is 13.4. The van der Waals surface area contributed by atoms with Gasteiger partial charge in [0, 0.05) is 12.2 Å². The minimum absolute atomic E-state index is 0.216. The van der Waals surface area contributed by atoms with Gasteiger partial charge >= 0.3 is 6.03 Å². The van der Waals surface area contributed by atoms with Gasteiger partial charge in [0.2, 0.25) is 0 Å². The van der Waals surface area contributed by atoms with E-state index in [9.17, 15) is 4.79 Å². The molecule has 0 atom stereocenters. The van der Waals surface area contributed by atoms with Gasteiger partial charge in [-0.05, 0) is 55.7 Å². The minimum Gasteiger partial charge on any atom is -0.494 e. The highest BCUT2D eigenvalue weighted by molar-refractivity contribution is 5.89. The molecular formula is C18H22N2O2. The van der Waals surface area contributed by atoms with Crippen LogP contribution < -0.4 is 15.4 Å². The smallest absolute Gasteiger partial charge is 0.319 e. The molecule has 2 amide bonds. The average Bonchev–Trinajstić information content (AvgIpc) is 2.49. The van der Waals surface area contributed by atoms with Crippen molar-refractivity contribution in [3.63, 3.8) is 0 Å². The van der Waals surface area contributed by atoms with Crippen molar-refractivity contribution >= 4 is 11.7 Å². The number of amides is 2. The topological polar surface area (TPSA) is 50.4 Å². The molecule has 0 saturated carbocycles. The summed E-state index contributed by atoms with van der Waals surface area (Å²) >= 11 is 0. The predicted molar refractivity (Wildman–Crippen MR) is 89.4 cm³/mol. The van der Waals surface area contributed by atoms with Crippen LogP contribution in [0.3, 0.4) is 0 Å². The van der Waals surface area contributed by atoms with Crippen LogP contribution in [0.5, 0.6) is 5.75 Å². The van der Waals surface area contributed by atoms with Gasteiger partial charge in [-0.1, -0.05) is 24.3 Å². The highest BCUT2D eigenvalue weighted by atomic mass is 16.5. The van der Waals surface area contributed by atoms with E-state index in [2.05, 4.69) is 10.6 Å². The molecule has 0 unspecified atom stereocenters. The van der Waals surface area contributed by atoms with Gasteiger partial charge in [-0.2, -0.15) is 0 Å². The summed E-state index contributed by atoms with van der Waals surface area (Å²) in [5.41, 5.74) is 4.03. The van der Waals surface area contributed by atoms with Crippen molar-refractivity contribution in [3.05, 3.63) is 59.2 Å². The standard InChI is InChI=1S/C18H22N2O2/c1-4-22-17-10-9-16(11-14(17)3)20-18(21)19-12-15-8-6-5-7-13(15)2/h5-11H,4,12H2,1-3H3,(H2,19,20,21). The molecule has 0 fully saturated rings. The van der Waals surface area contributed by atoms with Gasteiger partial charge in [0.05, 0.1) is 6.61 Å². The van der Waals surface area contributed by atoms with Crippen molar-refractivity contribution in [2.45, 2.75) is 27.3 Å². The van der Waals surface area contributed by atoms with Crippen LogP contribution in [0.1, 0.15) is 23.6 Å². The van der Waals surface area contributed by atoms with Gasteiger partial charge in [0.15, 0.2) is 0 Å². The summed E-state index contributed by atoms with van der Waals surface area (Å²) < 4.78 is 5.49. The van der Waals surface area contributed by atoms with Crippen molar-refractivity contribution in [2.75, 3.05) is 11.9 Å². The van der Waals surface area contributed by atoms with Crippen molar-refractivity contribution in [2.24, 2.45) is 0 Å². The van der Waals surface area contributed by atoms with Crippen LogP contribution in [0.15, 0.2) is 42.5 Å². The lowest BCUT2D eigenvalue weighted by Crippen LogP contribution is -2.28. The van der Waals surface area contributed by atoms with Crippen molar-refractivity contribution in [1.29, 1.82) is 0 Å². The summed E-state index contributed by atoms with van der Waals surface area (Å²) in [4.78, 5) is 12.0. The number of ether oxygens (including phenoxy) is 1. The first-order chi connectivity index (χ1) is 10.6. The molecule has 0 heterocycles. The monoisotopic (exact) mass is 298 g/mol. The van der Waals surface area contributed by atoms with Gasteiger partial charge in [-0.25, -0.2) is 4.79 Å². The second-order valence-corrected chi connectivity index (χ2v) is 5.15. The zero-order valence-electron chi connectivity index (χ0n) is 13.3. The number of urea groups is 1. The molecule has 0 aliphatic heterocycles. The van der Waals surface area contributed by atoms with Gasteiger partial charge in [0.1, 0.15) is 5.75 Å². The lowest BCUT2D eigenvalue weighted by atomic mass is 10.1. The number of hydrogen-bond donors (Lipinski definition) is 2. The molecule has 0 aliphatic rings. The van der Waals surface area contributed by atoms with Crippen molar-refractivity contribution in [1.82, 2.24) is 5.32 Å². The van der Waals surface area contributed by atoms with Gasteiger partial charge in [-0.3, -0.25) is 0 Å². The molecule has 0 bridgehead atoms. The number of anilines is 1. The Bertz CT molecular complexity index is 653. The first-order valence-corrected chi connectivity index (χ1v) is 7.43. The normalized spacial score (nSPS) is 10.1. The zero-order valence-corrected chi connectivity index (χ0v) is 13.3. The van der Waals surface area contributed by atoms with E-state index in [0.29, 0.717) is 13.2 Å². The van der Waals surface area contributed by atoms with Gasteiger partial charge in [0.25, 0.3) is 0 Å². The van der Waals surface area contributed by atoms with Crippen molar-refractivity contribution in [3.8, 4) is 5.75 Å². The molecule has 2 aromatic rings. The molecule has 2 N–H and O–H groups in total. The molecular weight excluding hydrogens is 276 g/mol. The van der Waals surface area contributed by atoms with Gasteiger partial charge in [-0.15, -0.1) is 0 Å². The molecule has 2 aromatic carbocycles. The van der Waals surface area contributed by atoms with E-state index < -0.39 is 0 Å².